The van der Waals surface area contributed by atoms with Crippen LogP contribution in [0.5, 0.6) is 5.75 Å². The van der Waals surface area contributed by atoms with Gasteiger partial charge in [0.2, 0.25) is 0 Å². The highest BCUT2D eigenvalue weighted by atomic mass is 16.5. The molecule has 0 radical (unpaired) electrons. The Balaban J connectivity index is 2.59. The molecule has 1 aromatic carbocycles. The standard InChI is InChI=1S/C10H9NO3/c1-11-9(12)7-4-3-6(14-2)5-8(7)10(11)13/h3-5H,1-2H3. The molecule has 0 fully saturated rings. The van der Waals surface area contributed by atoms with Crippen LogP contribution in [-0.4, -0.2) is 30.9 Å². The smallest absolute Gasteiger partial charge is 0.261 e. The summed E-state index contributed by atoms with van der Waals surface area (Å²) in [5.41, 5.74) is 0.857. The van der Waals surface area contributed by atoms with Gasteiger partial charge in [-0.2, -0.15) is 0 Å². The lowest BCUT2D eigenvalue weighted by molar-refractivity contribution is 0.0693. The number of methoxy groups -OCH3 is 1. The average molecular weight is 191 g/mol. The van der Waals surface area contributed by atoms with Crippen LogP contribution < -0.4 is 4.74 Å². The van der Waals surface area contributed by atoms with Crippen molar-refractivity contribution in [3.8, 4) is 5.75 Å². The van der Waals surface area contributed by atoms with E-state index in [2.05, 4.69) is 0 Å². The molecule has 0 bridgehead atoms. The summed E-state index contributed by atoms with van der Waals surface area (Å²) < 4.78 is 4.98. The van der Waals surface area contributed by atoms with Gasteiger partial charge < -0.3 is 4.74 Å². The van der Waals surface area contributed by atoms with E-state index >= 15 is 0 Å². The Labute approximate surface area is 81.1 Å². The Kier molecular flexibility index (Phi) is 1.77. The predicted octanol–water partition coefficient (Wildman–Crippen LogP) is 0.921. The second-order valence-electron chi connectivity index (χ2n) is 3.08. The molecule has 0 atom stereocenters. The van der Waals surface area contributed by atoms with E-state index in [0.717, 1.165) is 4.90 Å². The fourth-order valence-corrected chi connectivity index (χ4v) is 1.47. The highest BCUT2D eigenvalue weighted by Gasteiger charge is 2.32. The number of imide groups is 1. The first kappa shape index (κ1) is 8.74. The van der Waals surface area contributed by atoms with Gasteiger partial charge in [0.25, 0.3) is 11.8 Å². The van der Waals surface area contributed by atoms with Crippen LogP contribution in [0.1, 0.15) is 20.7 Å². The van der Waals surface area contributed by atoms with Gasteiger partial charge in [-0.3, -0.25) is 14.5 Å². The van der Waals surface area contributed by atoms with Crippen LogP contribution in [-0.2, 0) is 0 Å². The summed E-state index contributed by atoms with van der Waals surface area (Å²) in [5.74, 6) is 0.0525. The summed E-state index contributed by atoms with van der Waals surface area (Å²) in [7, 11) is 2.99. The van der Waals surface area contributed by atoms with Crippen molar-refractivity contribution in [3.05, 3.63) is 29.3 Å². The molecule has 0 aromatic heterocycles. The quantitative estimate of drug-likeness (QED) is 0.620. The summed E-state index contributed by atoms with van der Waals surface area (Å²) in [4.78, 5) is 24.1. The number of carbonyl (C=O) groups is 2. The highest BCUT2D eigenvalue weighted by Crippen LogP contribution is 2.25. The number of rotatable bonds is 1. The maximum atomic E-state index is 11.5. The van der Waals surface area contributed by atoms with Gasteiger partial charge in [0.1, 0.15) is 5.75 Å². The Hall–Kier alpha value is -1.84. The lowest BCUT2D eigenvalue weighted by atomic mass is 10.1. The van der Waals surface area contributed by atoms with E-state index in [1.807, 2.05) is 0 Å². The molecule has 14 heavy (non-hydrogen) atoms. The fraction of sp³-hybridized carbons (Fsp3) is 0.200. The molecular formula is C10H9NO3. The minimum atomic E-state index is -0.274. The first-order valence-corrected chi connectivity index (χ1v) is 4.15. The normalized spacial score (nSPS) is 14.6. The molecule has 2 rings (SSSR count). The van der Waals surface area contributed by atoms with Crippen LogP contribution in [0, 0.1) is 0 Å². The number of nitrogens with zero attached hydrogens (tertiary/aromatic N) is 1. The average Bonchev–Trinajstić information content (AvgIpc) is 2.44. The lowest BCUT2D eigenvalue weighted by Crippen LogP contribution is -2.24. The van der Waals surface area contributed by atoms with E-state index in [1.165, 1.54) is 14.2 Å². The predicted molar refractivity (Wildman–Crippen MR) is 49.4 cm³/mol. The molecule has 4 nitrogen and oxygen atoms in total. The maximum Gasteiger partial charge on any atom is 0.261 e. The van der Waals surface area contributed by atoms with Crippen molar-refractivity contribution < 1.29 is 14.3 Å². The summed E-state index contributed by atoms with van der Waals surface area (Å²) in [6.45, 7) is 0. The molecule has 0 unspecified atom stereocenters. The molecule has 1 aromatic rings. The molecule has 1 aliphatic heterocycles. The minimum absolute atomic E-state index is 0.257. The van der Waals surface area contributed by atoms with Crippen molar-refractivity contribution in [2.45, 2.75) is 0 Å². The van der Waals surface area contributed by atoms with Crippen LogP contribution >= 0.6 is 0 Å². The van der Waals surface area contributed by atoms with Crippen LogP contribution in [0.3, 0.4) is 0 Å². The number of benzene rings is 1. The Morgan fingerprint density at radius 2 is 1.79 bits per heavy atom. The van der Waals surface area contributed by atoms with Crippen molar-refractivity contribution in [1.29, 1.82) is 0 Å². The van der Waals surface area contributed by atoms with Gasteiger partial charge in [0, 0.05) is 7.05 Å². The van der Waals surface area contributed by atoms with Gasteiger partial charge in [-0.25, -0.2) is 0 Å². The highest BCUT2D eigenvalue weighted by molar-refractivity contribution is 6.21. The van der Waals surface area contributed by atoms with E-state index < -0.39 is 0 Å². The van der Waals surface area contributed by atoms with Crippen LogP contribution in [0.15, 0.2) is 18.2 Å². The number of hydrogen-bond acceptors (Lipinski definition) is 3. The zero-order chi connectivity index (χ0) is 10.3. The Morgan fingerprint density at radius 1 is 1.14 bits per heavy atom. The molecule has 2 amide bonds. The summed E-state index contributed by atoms with van der Waals surface area (Å²) in [6, 6.07) is 4.86. The third-order valence-corrected chi connectivity index (χ3v) is 2.30. The van der Waals surface area contributed by atoms with Crippen LogP contribution in [0.25, 0.3) is 0 Å². The summed E-state index contributed by atoms with van der Waals surface area (Å²) >= 11 is 0. The molecule has 0 saturated heterocycles. The van der Waals surface area contributed by atoms with E-state index in [1.54, 1.807) is 18.2 Å². The maximum absolute atomic E-state index is 11.5. The van der Waals surface area contributed by atoms with Crippen LogP contribution in [0.4, 0.5) is 0 Å². The second-order valence-corrected chi connectivity index (χ2v) is 3.08. The number of fused-ring (bicyclic) bond motifs is 1. The van der Waals surface area contributed by atoms with E-state index in [4.69, 9.17) is 4.74 Å². The fourth-order valence-electron chi connectivity index (χ4n) is 1.47. The Morgan fingerprint density at radius 3 is 2.43 bits per heavy atom. The molecule has 1 aliphatic rings. The van der Waals surface area contributed by atoms with E-state index in [0.29, 0.717) is 16.9 Å². The van der Waals surface area contributed by atoms with Crippen molar-refractivity contribution in [3.63, 3.8) is 0 Å². The third kappa shape index (κ3) is 1.00. The number of amides is 2. The van der Waals surface area contributed by atoms with Crippen molar-refractivity contribution in [1.82, 2.24) is 4.90 Å². The molecular weight excluding hydrogens is 182 g/mol. The first-order chi connectivity index (χ1) is 6.65. The molecule has 72 valence electrons. The second kappa shape index (κ2) is 2.83. The topological polar surface area (TPSA) is 46.6 Å². The van der Waals surface area contributed by atoms with Gasteiger partial charge in [-0.15, -0.1) is 0 Å². The number of carbonyl (C=O) groups excluding carboxylic acids is 2. The molecule has 1 heterocycles. The van der Waals surface area contributed by atoms with Crippen molar-refractivity contribution in [2.24, 2.45) is 0 Å². The molecule has 4 heteroatoms. The van der Waals surface area contributed by atoms with E-state index in [-0.39, 0.29) is 11.8 Å². The van der Waals surface area contributed by atoms with Gasteiger partial charge >= 0.3 is 0 Å². The minimum Gasteiger partial charge on any atom is -0.497 e. The van der Waals surface area contributed by atoms with Gasteiger partial charge in [0.15, 0.2) is 0 Å². The third-order valence-electron chi connectivity index (χ3n) is 2.30. The van der Waals surface area contributed by atoms with Gasteiger partial charge in [0.05, 0.1) is 18.2 Å². The lowest BCUT2D eigenvalue weighted by Gasteiger charge is -2.02. The summed E-state index contributed by atoms with van der Waals surface area (Å²) in [5, 5.41) is 0. The zero-order valence-electron chi connectivity index (χ0n) is 7.90. The van der Waals surface area contributed by atoms with Gasteiger partial charge in [-0.1, -0.05) is 0 Å². The monoisotopic (exact) mass is 191 g/mol. The molecule has 0 aliphatic carbocycles. The SMILES string of the molecule is COc1ccc2c(c1)C(=O)N(C)C2=O. The van der Waals surface area contributed by atoms with E-state index in [9.17, 15) is 9.59 Å². The molecule has 0 N–H and O–H groups in total. The largest absolute Gasteiger partial charge is 0.497 e. The number of hydrogen-bond donors (Lipinski definition) is 0. The summed E-state index contributed by atoms with van der Waals surface area (Å²) in [6.07, 6.45) is 0. The first-order valence-electron chi connectivity index (χ1n) is 4.15. The Bertz CT molecular complexity index is 425. The molecule has 0 saturated carbocycles. The zero-order valence-corrected chi connectivity index (χ0v) is 7.90. The molecule has 0 spiro atoms. The van der Waals surface area contributed by atoms with Gasteiger partial charge in [-0.05, 0) is 18.2 Å². The van der Waals surface area contributed by atoms with Crippen LogP contribution in [0.2, 0.25) is 0 Å². The van der Waals surface area contributed by atoms with Crippen molar-refractivity contribution in [2.75, 3.05) is 14.2 Å². The van der Waals surface area contributed by atoms with Crippen molar-refractivity contribution >= 4 is 11.8 Å². The number of ether oxygens (including phenoxy) is 1.